The molecule has 1 aromatic carbocycles. The fourth-order valence-electron chi connectivity index (χ4n) is 2.57. The first-order chi connectivity index (χ1) is 9.06. The molecule has 1 atom stereocenters. The number of nitrogens with zero attached hydrogens (tertiary/aromatic N) is 2. The largest absolute Gasteiger partial charge is 0.305 e. The van der Waals surface area contributed by atoms with Crippen LogP contribution < -0.4 is 5.32 Å². The highest BCUT2D eigenvalue weighted by molar-refractivity contribution is 9.10. The minimum absolute atomic E-state index is 0.160. The van der Waals surface area contributed by atoms with E-state index in [4.69, 9.17) is 0 Å². The Morgan fingerprint density at radius 1 is 1.32 bits per heavy atom. The molecule has 0 radical (unpaired) electrons. The number of benzene rings is 1. The van der Waals surface area contributed by atoms with E-state index in [0.29, 0.717) is 0 Å². The number of nitrogens with one attached hydrogen (secondary N) is 1. The Bertz CT molecular complexity index is 535. The van der Waals surface area contributed by atoms with Crippen molar-refractivity contribution in [3.05, 3.63) is 51.3 Å². The predicted octanol–water partition coefficient (Wildman–Crippen LogP) is 3.50. The zero-order valence-electron chi connectivity index (χ0n) is 11.9. The molecule has 3 nitrogen and oxygen atoms in total. The highest BCUT2D eigenvalue weighted by atomic mass is 79.9. The third kappa shape index (κ3) is 2.74. The van der Waals surface area contributed by atoms with Crippen LogP contribution in [0.5, 0.6) is 0 Å². The van der Waals surface area contributed by atoms with E-state index in [1.54, 1.807) is 0 Å². The van der Waals surface area contributed by atoms with E-state index in [1.807, 2.05) is 17.9 Å². The van der Waals surface area contributed by atoms with E-state index < -0.39 is 0 Å². The van der Waals surface area contributed by atoms with Crippen molar-refractivity contribution in [1.82, 2.24) is 15.1 Å². The summed E-state index contributed by atoms with van der Waals surface area (Å²) >= 11 is 3.61. The van der Waals surface area contributed by atoms with Gasteiger partial charge in [-0.05, 0) is 53.0 Å². The van der Waals surface area contributed by atoms with Crippen LogP contribution in [-0.4, -0.2) is 16.3 Å². The molecule has 4 heteroatoms. The van der Waals surface area contributed by atoms with E-state index in [-0.39, 0.29) is 6.04 Å². The highest BCUT2D eigenvalue weighted by Crippen LogP contribution is 2.31. The van der Waals surface area contributed by atoms with Gasteiger partial charge in [-0.15, -0.1) is 0 Å². The third-order valence-corrected chi connectivity index (χ3v) is 4.06. The molecule has 0 fully saturated rings. The number of aromatic nitrogens is 2. The summed E-state index contributed by atoms with van der Waals surface area (Å²) < 4.78 is 2.98. The average molecular weight is 322 g/mol. The maximum absolute atomic E-state index is 4.33. The summed E-state index contributed by atoms with van der Waals surface area (Å²) in [5, 5.41) is 7.91. The number of rotatable bonds is 4. The van der Waals surface area contributed by atoms with Gasteiger partial charge >= 0.3 is 0 Å². The molecule has 0 spiro atoms. The first kappa shape index (κ1) is 14.3. The molecule has 0 bridgehead atoms. The first-order valence-corrected chi connectivity index (χ1v) is 7.32. The molecule has 0 saturated heterocycles. The summed E-state index contributed by atoms with van der Waals surface area (Å²) in [7, 11) is 1.98. The molecule has 1 unspecified atom stereocenters. The van der Waals surface area contributed by atoms with Crippen molar-refractivity contribution in [2.45, 2.75) is 26.8 Å². The fourth-order valence-corrected chi connectivity index (χ4v) is 3.14. The summed E-state index contributed by atoms with van der Waals surface area (Å²) in [5.41, 5.74) is 5.12. The van der Waals surface area contributed by atoms with E-state index in [0.717, 1.165) is 11.0 Å². The van der Waals surface area contributed by atoms with E-state index in [1.165, 1.54) is 22.4 Å². The van der Waals surface area contributed by atoms with Gasteiger partial charge in [-0.25, -0.2) is 0 Å². The smallest absolute Gasteiger partial charge is 0.0764 e. The summed E-state index contributed by atoms with van der Waals surface area (Å²) in [5.74, 6) is 0. The van der Waals surface area contributed by atoms with Gasteiger partial charge in [-0.1, -0.05) is 25.1 Å². The molecule has 1 heterocycles. The SMILES string of the molecule is CCNC(c1c(C)cccc1C)c1c(Br)cnn1C. The van der Waals surface area contributed by atoms with Crippen molar-refractivity contribution in [2.24, 2.45) is 7.05 Å². The lowest BCUT2D eigenvalue weighted by Gasteiger charge is -2.23. The van der Waals surface area contributed by atoms with E-state index >= 15 is 0 Å². The van der Waals surface area contributed by atoms with Crippen LogP contribution >= 0.6 is 15.9 Å². The Balaban J connectivity index is 2.58. The van der Waals surface area contributed by atoms with Crippen LogP contribution in [0.2, 0.25) is 0 Å². The van der Waals surface area contributed by atoms with Gasteiger partial charge in [0, 0.05) is 7.05 Å². The molecule has 0 amide bonds. The average Bonchev–Trinajstić information content (AvgIpc) is 2.68. The van der Waals surface area contributed by atoms with Crippen molar-refractivity contribution in [1.29, 1.82) is 0 Å². The summed E-state index contributed by atoms with van der Waals surface area (Å²) in [6.45, 7) is 7.37. The molecule has 2 rings (SSSR count). The highest BCUT2D eigenvalue weighted by Gasteiger charge is 2.22. The van der Waals surface area contributed by atoms with Gasteiger partial charge in [-0.2, -0.15) is 5.10 Å². The molecule has 0 aliphatic carbocycles. The fraction of sp³-hybridized carbons (Fsp3) is 0.400. The molecular weight excluding hydrogens is 302 g/mol. The molecule has 1 N–H and O–H groups in total. The Labute approximate surface area is 123 Å². The van der Waals surface area contributed by atoms with Crippen molar-refractivity contribution in [3.63, 3.8) is 0 Å². The number of halogens is 1. The van der Waals surface area contributed by atoms with Crippen molar-refractivity contribution >= 4 is 15.9 Å². The lowest BCUT2D eigenvalue weighted by atomic mass is 9.94. The zero-order valence-corrected chi connectivity index (χ0v) is 13.5. The molecule has 102 valence electrons. The lowest BCUT2D eigenvalue weighted by molar-refractivity contribution is 0.566. The van der Waals surface area contributed by atoms with E-state index in [2.05, 4.69) is 65.3 Å². The van der Waals surface area contributed by atoms with Crippen LogP contribution in [-0.2, 0) is 7.05 Å². The van der Waals surface area contributed by atoms with Crippen LogP contribution in [0.25, 0.3) is 0 Å². The quantitative estimate of drug-likeness (QED) is 0.934. The second-order valence-electron chi connectivity index (χ2n) is 4.80. The minimum atomic E-state index is 0.160. The maximum Gasteiger partial charge on any atom is 0.0764 e. The van der Waals surface area contributed by atoms with Crippen LogP contribution in [0.3, 0.4) is 0 Å². The van der Waals surface area contributed by atoms with E-state index in [9.17, 15) is 0 Å². The topological polar surface area (TPSA) is 29.9 Å². The van der Waals surface area contributed by atoms with Crippen molar-refractivity contribution in [2.75, 3.05) is 6.54 Å². The number of hydrogen-bond donors (Lipinski definition) is 1. The van der Waals surface area contributed by atoms with Gasteiger partial charge in [0.25, 0.3) is 0 Å². The van der Waals surface area contributed by atoms with Crippen LogP contribution in [0.1, 0.15) is 35.3 Å². The summed E-state index contributed by atoms with van der Waals surface area (Å²) in [6, 6.07) is 6.59. The zero-order chi connectivity index (χ0) is 14.0. The van der Waals surface area contributed by atoms with Gasteiger partial charge in [0.15, 0.2) is 0 Å². The molecular formula is C15H20BrN3. The van der Waals surface area contributed by atoms with Crippen molar-refractivity contribution in [3.8, 4) is 0 Å². The van der Waals surface area contributed by atoms with Crippen LogP contribution in [0.4, 0.5) is 0 Å². The maximum atomic E-state index is 4.33. The second-order valence-corrected chi connectivity index (χ2v) is 5.65. The van der Waals surface area contributed by atoms with Gasteiger partial charge in [0.2, 0.25) is 0 Å². The summed E-state index contributed by atoms with van der Waals surface area (Å²) in [4.78, 5) is 0. The molecule has 1 aromatic heterocycles. The molecule has 2 aromatic rings. The molecule has 19 heavy (non-hydrogen) atoms. The van der Waals surface area contributed by atoms with Gasteiger partial charge < -0.3 is 5.32 Å². The Kier molecular flexibility index (Phi) is 4.42. The normalized spacial score (nSPS) is 12.7. The van der Waals surface area contributed by atoms with Crippen LogP contribution in [0, 0.1) is 13.8 Å². The molecule has 0 aliphatic heterocycles. The lowest BCUT2D eigenvalue weighted by Crippen LogP contribution is -2.26. The standard InChI is InChI=1S/C15H20BrN3/c1-5-17-14(15-12(16)9-18-19(15)4)13-10(2)7-6-8-11(13)3/h6-9,14,17H,5H2,1-4H3. The second kappa shape index (κ2) is 5.88. The van der Waals surface area contributed by atoms with Gasteiger partial charge in [0.1, 0.15) is 0 Å². The van der Waals surface area contributed by atoms with Gasteiger partial charge in [0.05, 0.1) is 22.4 Å². The number of aryl methyl sites for hydroxylation is 3. The van der Waals surface area contributed by atoms with Gasteiger partial charge in [-0.3, -0.25) is 4.68 Å². The Hall–Kier alpha value is -1.13. The predicted molar refractivity (Wildman–Crippen MR) is 82.3 cm³/mol. The molecule has 0 aliphatic rings. The monoisotopic (exact) mass is 321 g/mol. The Morgan fingerprint density at radius 3 is 2.42 bits per heavy atom. The molecule has 0 saturated carbocycles. The third-order valence-electron chi connectivity index (χ3n) is 3.45. The first-order valence-electron chi connectivity index (χ1n) is 6.53. The van der Waals surface area contributed by atoms with Crippen LogP contribution in [0.15, 0.2) is 28.9 Å². The summed E-state index contributed by atoms with van der Waals surface area (Å²) in [6.07, 6.45) is 1.85. The van der Waals surface area contributed by atoms with Crippen molar-refractivity contribution < 1.29 is 0 Å². The Morgan fingerprint density at radius 2 is 1.95 bits per heavy atom. The number of hydrogen-bond acceptors (Lipinski definition) is 2. The minimum Gasteiger partial charge on any atom is -0.305 e.